The molecule has 2 aliphatic rings. The summed E-state index contributed by atoms with van der Waals surface area (Å²) in [6.45, 7) is 15.7. The smallest absolute Gasteiger partial charge is 0.444 e. The van der Waals surface area contributed by atoms with Crippen molar-refractivity contribution in [2.45, 2.75) is 78.1 Å². The van der Waals surface area contributed by atoms with Gasteiger partial charge in [0.15, 0.2) is 0 Å². The lowest BCUT2D eigenvalue weighted by atomic mass is 9.77. The topological polar surface area (TPSA) is 85.8 Å². The molecule has 8 nitrogen and oxygen atoms in total. The zero-order chi connectivity index (χ0) is 22.9. The number of ether oxygens (including phenoxy) is 1. The normalized spacial score (nSPS) is 20.8. The van der Waals surface area contributed by atoms with E-state index in [1.807, 2.05) is 54.5 Å². The largest absolute Gasteiger partial charge is 0.492 e. The van der Waals surface area contributed by atoms with E-state index in [1.165, 1.54) is 12.8 Å². The highest BCUT2D eigenvalue weighted by Crippen LogP contribution is 2.38. The molecule has 9 heteroatoms. The van der Waals surface area contributed by atoms with Crippen molar-refractivity contribution in [1.29, 1.82) is 0 Å². The first-order valence-electron chi connectivity index (χ1n) is 11.0. The van der Waals surface area contributed by atoms with Crippen LogP contribution in [0.15, 0.2) is 17.9 Å². The predicted octanol–water partition coefficient (Wildman–Crippen LogP) is 3.62. The third-order valence-electron chi connectivity index (χ3n) is 5.79. The number of carbonyl (C=O) groups is 1. The monoisotopic (exact) mass is 430 g/mol. The first kappa shape index (κ1) is 23.5. The van der Waals surface area contributed by atoms with Gasteiger partial charge in [0.1, 0.15) is 5.60 Å². The number of carbonyl (C=O) groups excluding carboxylic acids is 1. The van der Waals surface area contributed by atoms with Gasteiger partial charge in [0.05, 0.1) is 11.2 Å². The molecule has 2 aliphatic heterocycles. The molecule has 0 aliphatic carbocycles. The summed E-state index contributed by atoms with van der Waals surface area (Å²) in [6.07, 6.45) is 7.35. The first-order chi connectivity index (χ1) is 14.4. The number of nitrogens with zero attached hydrogens (tertiary/aromatic N) is 3. The fourth-order valence-corrected chi connectivity index (χ4v) is 3.39. The van der Waals surface area contributed by atoms with Crippen molar-refractivity contribution >= 4 is 25.2 Å². The highest BCUT2D eigenvalue weighted by molar-refractivity contribution is 6.56. The van der Waals surface area contributed by atoms with Crippen molar-refractivity contribution in [2.24, 2.45) is 0 Å². The Balaban J connectivity index is 1.78. The predicted molar refractivity (Wildman–Crippen MR) is 122 cm³/mol. The van der Waals surface area contributed by atoms with E-state index < -0.39 is 30.0 Å². The van der Waals surface area contributed by atoms with E-state index in [4.69, 9.17) is 14.0 Å². The summed E-state index contributed by atoms with van der Waals surface area (Å²) >= 11 is 0. The minimum atomic E-state index is -0.599. The number of anilines is 1. The number of hydrogen-bond acceptors (Lipinski definition) is 7. The van der Waals surface area contributed by atoms with Crippen LogP contribution in [-0.4, -0.2) is 59.6 Å². The maximum Gasteiger partial charge on any atom is 0.492 e. The van der Waals surface area contributed by atoms with E-state index >= 15 is 0 Å². The number of alkyl carbamates (subject to hydrolysis) is 1. The third kappa shape index (κ3) is 5.98. The second-order valence-corrected chi connectivity index (χ2v) is 10.2. The number of aromatic nitrogens is 2. The van der Waals surface area contributed by atoms with Gasteiger partial charge in [0.25, 0.3) is 0 Å². The molecule has 2 fully saturated rings. The molecule has 2 saturated heterocycles. The van der Waals surface area contributed by atoms with E-state index in [9.17, 15) is 4.79 Å². The molecule has 1 amide bonds. The van der Waals surface area contributed by atoms with Crippen LogP contribution in [0, 0.1) is 0 Å². The average Bonchev–Trinajstić information content (AvgIpc) is 3.24. The van der Waals surface area contributed by atoms with Gasteiger partial charge in [0.2, 0.25) is 5.95 Å². The van der Waals surface area contributed by atoms with Gasteiger partial charge in [-0.05, 0) is 66.8 Å². The second kappa shape index (κ2) is 8.78. The molecule has 0 aromatic carbocycles. The lowest BCUT2D eigenvalue weighted by Gasteiger charge is -2.32. The van der Waals surface area contributed by atoms with Crippen LogP contribution in [0.4, 0.5) is 10.7 Å². The molecule has 0 bridgehead atoms. The summed E-state index contributed by atoms with van der Waals surface area (Å²) in [7, 11) is -0.599. The summed E-state index contributed by atoms with van der Waals surface area (Å²) in [4.78, 5) is 23.4. The summed E-state index contributed by atoms with van der Waals surface area (Å²) in [5, 5.41) is 2.81. The molecule has 0 saturated carbocycles. The highest BCUT2D eigenvalue weighted by atomic mass is 16.7. The van der Waals surface area contributed by atoms with Gasteiger partial charge >= 0.3 is 13.2 Å². The Bertz CT molecular complexity index is 796. The molecule has 0 spiro atoms. The quantitative estimate of drug-likeness (QED) is 0.715. The van der Waals surface area contributed by atoms with Crippen LogP contribution < -0.4 is 10.2 Å². The molecule has 3 rings (SSSR count). The Morgan fingerprint density at radius 2 is 1.71 bits per heavy atom. The lowest BCUT2D eigenvalue weighted by molar-refractivity contribution is 0.00578. The number of nitrogens with one attached hydrogen (secondary N) is 1. The Labute approximate surface area is 185 Å². The van der Waals surface area contributed by atoms with Gasteiger partial charge < -0.3 is 24.3 Å². The zero-order valence-corrected chi connectivity index (χ0v) is 19.8. The Morgan fingerprint density at radius 3 is 2.23 bits per heavy atom. The fraction of sp³-hybridized carbons (Fsp3) is 0.682. The third-order valence-corrected chi connectivity index (χ3v) is 5.79. The van der Waals surface area contributed by atoms with Crippen LogP contribution in [0.2, 0.25) is 0 Å². The Kier molecular flexibility index (Phi) is 6.67. The fourth-order valence-electron chi connectivity index (χ4n) is 3.39. The summed E-state index contributed by atoms with van der Waals surface area (Å²) in [5.74, 6) is 0.749. The molecule has 170 valence electrons. The van der Waals surface area contributed by atoms with Gasteiger partial charge in [0, 0.05) is 37.6 Å². The standard InChI is InChI=1S/C22H35BN4O4/c1-20(2,3)29-19(28)26-15-17(23-30-21(4,5)22(6,7)31-23)12-16-13-24-18(25-14-16)27-10-8-9-11-27/h12-14H,8-11,15H2,1-7H3,(H,26,28). The Hall–Kier alpha value is -2.13. The molecule has 0 radical (unpaired) electrons. The van der Waals surface area contributed by atoms with Crippen molar-refractivity contribution in [1.82, 2.24) is 15.3 Å². The molecule has 1 N–H and O–H groups in total. The van der Waals surface area contributed by atoms with Crippen LogP contribution in [0.1, 0.15) is 66.9 Å². The number of amides is 1. The van der Waals surface area contributed by atoms with Crippen LogP contribution in [0.5, 0.6) is 0 Å². The van der Waals surface area contributed by atoms with Crippen molar-refractivity contribution in [3.05, 3.63) is 23.4 Å². The van der Waals surface area contributed by atoms with E-state index in [1.54, 1.807) is 12.4 Å². The SMILES string of the molecule is CC(C)(C)OC(=O)NCC(=Cc1cnc(N2CCCC2)nc1)B1OC(C)(C)C(C)(C)O1. The maximum absolute atomic E-state index is 12.2. The average molecular weight is 430 g/mol. The molecular weight excluding hydrogens is 395 g/mol. The van der Waals surface area contributed by atoms with Gasteiger partial charge in [-0.25, -0.2) is 14.8 Å². The van der Waals surface area contributed by atoms with E-state index in [0.29, 0.717) is 0 Å². The molecule has 1 aromatic rings. The first-order valence-corrected chi connectivity index (χ1v) is 11.0. The molecule has 3 heterocycles. The van der Waals surface area contributed by atoms with E-state index in [0.717, 1.165) is 30.1 Å². The van der Waals surface area contributed by atoms with Gasteiger partial charge in [-0.1, -0.05) is 6.08 Å². The van der Waals surface area contributed by atoms with Crippen LogP contribution in [0.3, 0.4) is 0 Å². The Morgan fingerprint density at radius 1 is 1.16 bits per heavy atom. The van der Waals surface area contributed by atoms with Gasteiger partial charge in [-0.15, -0.1) is 0 Å². The molecule has 31 heavy (non-hydrogen) atoms. The van der Waals surface area contributed by atoms with Gasteiger partial charge in [-0.3, -0.25) is 0 Å². The second-order valence-electron chi connectivity index (χ2n) is 10.2. The van der Waals surface area contributed by atoms with Crippen LogP contribution >= 0.6 is 0 Å². The van der Waals surface area contributed by atoms with Crippen molar-refractivity contribution in [3.8, 4) is 0 Å². The molecule has 0 atom stereocenters. The molecule has 1 aromatic heterocycles. The minimum Gasteiger partial charge on any atom is -0.444 e. The number of rotatable bonds is 5. The summed E-state index contributed by atoms with van der Waals surface area (Å²) < 4.78 is 17.8. The zero-order valence-electron chi connectivity index (χ0n) is 19.8. The van der Waals surface area contributed by atoms with Crippen molar-refractivity contribution in [3.63, 3.8) is 0 Å². The van der Waals surface area contributed by atoms with Crippen LogP contribution in [-0.2, 0) is 14.0 Å². The highest BCUT2D eigenvalue weighted by Gasteiger charge is 2.52. The summed E-state index contributed by atoms with van der Waals surface area (Å²) in [6, 6.07) is 0. The summed E-state index contributed by atoms with van der Waals surface area (Å²) in [5.41, 5.74) is 0.0375. The van der Waals surface area contributed by atoms with Crippen molar-refractivity contribution < 1.29 is 18.8 Å². The molecular formula is C22H35BN4O4. The molecule has 0 unspecified atom stereocenters. The van der Waals surface area contributed by atoms with Crippen molar-refractivity contribution in [2.75, 3.05) is 24.5 Å². The minimum absolute atomic E-state index is 0.222. The maximum atomic E-state index is 12.2. The van der Waals surface area contributed by atoms with Gasteiger partial charge in [-0.2, -0.15) is 0 Å². The van der Waals surface area contributed by atoms with E-state index in [-0.39, 0.29) is 6.54 Å². The lowest BCUT2D eigenvalue weighted by Crippen LogP contribution is -2.41. The number of hydrogen-bond donors (Lipinski definition) is 1. The van der Waals surface area contributed by atoms with E-state index in [2.05, 4.69) is 20.2 Å². The van der Waals surface area contributed by atoms with Crippen LogP contribution in [0.25, 0.3) is 6.08 Å².